The molecule has 6 aromatic rings. The fourth-order valence-electron chi connectivity index (χ4n) is 7.12. The molecule has 3 nitrogen and oxygen atoms in total. The third-order valence-corrected chi connectivity index (χ3v) is 9.67. The van der Waals surface area contributed by atoms with Gasteiger partial charge in [-0.15, -0.1) is 0 Å². The Labute approximate surface area is 293 Å². The third kappa shape index (κ3) is 5.59. The van der Waals surface area contributed by atoms with E-state index in [1.807, 2.05) is 30.3 Å². The number of allylic oxidation sites excluding steroid dienone is 5. The minimum atomic E-state index is -0.104. The predicted molar refractivity (Wildman–Crippen MR) is 207 cm³/mol. The van der Waals surface area contributed by atoms with Gasteiger partial charge in [0.2, 0.25) is 5.90 Å². The summed E-state index contributed by atoms with van der Waals surface area (Å²) in [6, 6.07) is 57.8. The molecule has 0 saturated heterocycles. The third-order valence-electron chi connectivity index (χ3n) is 9.67. The normalized spacial score (nSPS) is 17.4. The summed E-state index contributed by atoms with van der Waals surface area (Å²) in [7, 11) is 0. The number of hydrogen-bond donors (Lipinski definition) is 0. The molecule has 6 aromatic carbocycles. The average Bonchev–Trinajstić information content (AvgIpc) is 3.65. The molecule has 3 aliphatic rings. The summed E-state index contributed by atoms with van der Waals surface area (Å²) in [5.74, 6) is 0.829. The van der Waals surface area contributed by atoms with Crippen LogP contribution in [0.5, 0.6) is 0 Å². The molecule has 0 N–H and O–H groups in total. The van der Waals surface area contributed by atoms with Crippen molar-refractivity contribution in [2.75, 3.05) is 4.90 Å². The van der Waals surface area contributed by atoms with Gasteiger partial charge in [0.1, 0.15) is 0 Å². The Morgan fingerprint density at radius 1 is 0.500 bits per heavy atom. The summed E-state index contributed by atoms with van der Waals surface area (Å²) in [4.78, 5) is 7.18. The highest BCUT2D eigenvalue weighted by molar-refractivity contribution is 5.97. The molecule has 0 spiro atoms. The number of anilines is 3. The zero-order chi connectivity index (χ0) is 33.3. The van der Waals surface area contributed by atoms with Crippen molar-refractivity contribution in [1.29, 1.82) is 0 Å². The molecule has 1 aliphatic heterocycles. The molecule has 0 fully saturated rings. The molecule has 9 rings (SSSR count). The van der Waals surface area contributed by atoms with Crippen LogP contribution in [-0.2, 0) is 4.74 Å². The van der Waals surface area contributed by atoms with Gasteiger partial charge in [-0.25, -0.2) is 4.99 Å². The molecule has 0 aromatic heterocycles. The highest BCUT2D eigenvalue weighted by atomic mass is 16.5. The van der Waals surface area contributed by atoms with Gasteiger partial charge in [-0.2, -0.15) is 0 Å². The van der Waals surface area contributed by atoms with E-state index in [0.29, 0.717) is 5.90 Å². The van der Waals surface area contributed by atoms with E-state index in [4.69, 9.17) is 9.73 Å². The highest BCUT2D eigenvalue weighted by Crippen LogP contribution is 2.43. The minimum Gasteiger partial charge on any atom is -0.466 e. The fraction of sp³-hybridized carbons (Fsp3) is 0.0426. The van der Waals surface area contributed by atoms with Crippen LogP contribution in [0.4, 0.5) is 17.1 Å². The van der Waals surface area contributed by atoms with Crippen molar-refractivity contribution in [2.24, 2.45) is 10.9 Å². The first-order valence-electron chi connectivity index (χ1n) is 17.1. The lowest BCUT2D eigenvalue weighted by molar-refractivity contribution is 0.212. The first kappa shape index (κ1) is 29.7. The van der Waals surface area contributed by atoms with E-state index in [1.54, 1.807) is 0 Å². The Morgan fingerprint density at radius 2 is 1.06 bits per heavy atom. The minimum absolute atomic E-state index is 0.104. The molecule has 3 heteroatoms. The average molecular weight is 643 g/mol. The van der Waals surface area contributed by atoms with Gasteiger partial charge in [-0.05, 0) is 81.9 Å². The first-order valence-corrected chi connectivity index (χ1v) is 17.1. The van der Waals surface area contributed by atoms with Gasteiger partial charge in [0.15, 0.2) is 6.10 Å². The topological polar surface area (TPSA) is 24.8 Å². The lowest BCUT2D eigenvalue weighted by atomic mass is 9.81. The molecular weight excluding hydrogens is 609 g/mol. The van der Waals surface area contributed by atoms with Crippen LogP contribution in [0.1, 0.15) is 11.1 Å². The molecule has 238 valence electrons. The highest BCUT2D eigenvalue weighted by Gasteiger charge is 2.36. The molecule has 0 bridgehead atoms. The van der Waals surface area contributed by atoms with Crippen molar-refractivity contribution in [2.45, 2.75) is 6.10 Å². The van der Waals surface area contributed by atoms with Gasteiger partial charge in [0, 0.05) is 28.4 Å². The number of rotatable bonds is 7. The van der Waals surface area contributed by atoms with Gasteiger partial charge in [0.25, 0.3) is 0 Å². The molecule has 2 unspecified atom stereocenters. The smallest absolute Gasteiger partial charge is 0.221 e. The van der Waals surface area contributed by atoms with Crippen molar-refractivity contribution < 1.29 is 4.74 Å². The number of fused-ring (bicyclic) bond motifs is 3. The van der Waals surface area contributed by atoms with Gasteiger partial charge in [0.05, 0.1) is 11.4 Å². The second-order valence-electron chi connectivity index (χ2n) is 12.7. The Bertz CT molecular complexity index is 2320. The SMILES string of the molecule is C1=CC2C(=CC=C3N=C(c4ccccc4)OC32)C=C1c1ccc(N(c2ccc(-c3ccccc3)cc2)c2ccccc2-c2ccccc2)cc1. The van der Waals surface area contributed by atoms with Gasteiger partial charge in [-0.3, -0.25) is 0 Å². The van der Waals surface area contributed by atoms with Crippen LogP contribution in [-0.4, -0.2) is 12.0 Å². The van der Waals surface area contributed by atoms with Crippen LogP contribution in [0, 0.1) is 5.92 Å². The lowest BCUT2D eigenvalue weighted by Gasteiger charge is -2.29. The number of benzene rings is 6. The van der Waals surface area contributed by atoms with Crippen molar-refractivity contribution >= 4 is 28.5 Å². The van der Waals surface area contributed by atoms with Crippen LogP contribution in [0.25, 0.3) is 27.8 Å². The van der Waals surface area contributed by atoms with Crippen molar-refractivity contribution in [3.05, 3.63) is 217 Å². The molecule has 50 heavy (non-hydrogen) atoms. The van der Waals surface area contributed by atoms with E-state index in [0.717, 1.165) is 28.3 Å². The van der Waals surface area contributed by atoms with E-state index < -0.39 is 0 Å². The van der Waals surface area contributed by atoms with Crippen LogP contribution >= 0.6 is 0 Å². The maximum Gasteiger partial charge on any atom is 0.221 e. The van der Waals surface area contributed by atoms with Gasteiger partial charge < -0.3 is 9.64 Å². The molecule has 0 amide bonds. The first-order chi connectivity index (χ1) is 24.8. The number of ether oxygens (including phenoxy) is 1. The maximum atomic E-state index is 6.42. The molecule has 0 radical (unpaired) electrons. The van der Waals surface area contributed by atoms with E-state index in [1.165, 1.54) is 39.0 Å². The van der Waals surface area contributed by atoms with Crippen LogP contribution in [0.3, 0.4) is 0 Å². The number of aliphatic imine (C=N–C) groups is 1. The summed E-state index contributed by atoms with van der Waals surface area (Å²) in [5, 5.41) is 0. The monoisotopic (exact) mass is 642 g/mol. The van der Waals surface area contributed by atoms with E-state index >= 15 is 0 Å². The van der Waals surface area contributed by atoms with Gasteiger partial charge in [-0.1, -0.05) is 146 Å². The lowest BCUT2D eigenvalue weighted by Crippen LogP contribution is -2.26. The van der Waals surface area contributed by atoms with Crippen LogP contribution < -0.4 is 4.90 Å². The van der Waals surface area contributed by atoms with Gasteiger partial charge >= 0.3 is 0 Å². The second kappa shape index (κ2) is 12.9. The summed E-state index contributed by atoms with van der Waals surface area (Å²) in [6.07, 6.45) is 11.0. The Hall–Kier alpha value is -6.45. The van der Waals surface area contributed by atoms with Crippen molar-refractivity contribution in [3.63, 3.8) is 0 Å². The molecule has 0 saturated carbocycles. The number of nitrogens with zero attached hydrogens (tertiary/aromatic N) is 2. The van der Waals surface area contributed by atoms with E-state index in [2.05, 4.69) is 169 Å². The second-order valence-corrected chi connectivity index (χ2v) is 12.7. The zero-order valence-electron chi connectivity index (χ0n) is 27.4. The standard InChI is InChI=1S/C47H34N2O/c1-4-12-33(13-5-1)34-20-26-40(27-21-34)49(45-19-11-10-18-42(45)36-14-6-2-7-15-36)41-28-22-35(23-29-41)38-24-30-43-39(32-38)25-31-44-46(43)50-47(48-44)37-16-8-3-9-17-37/h1-32,43,46H. The fourth-order valence-corrected chi connectivity index (χ4v) is 7.12. The molecule has 1 heterocycles. The van der Waals surface area contributed by atoms with E-state index in [9.17, 15) is 0 Å². The maximum absolute atomic E-state index is 6.42. The largest absolute Gasteiger partial charge is 0.466 e. The van der Waals surface area contributed by atoms with Crippen molar-refractivity contribution in [3.8, 4) is 22.3 Å². The van der Waals surface area contributed by atoms with Crippen molar-refractivity contribution in [1.82, 2.24) is 0 Å². The molecule has 2 atom stereocenters. The Kier molecular flexibility index (Phi) is 7.64. The van der Waals surface area contributed by atoms with Crippen LogP contribution in [0.15, 0.2) is 210 Å². The number of hydrogen-bond acceptors (Lipinski definition) is 3. The number of para-hydroxylation sites is 1. The van der Waals surface area contributed by atoms with E-state index in [-0.39, 0.29) is 12.0 Å². The summed E-state index contributed by atoms with van der Waals surface area (Å²) in [6.45, 7) is 0. The summed E-state index contributed by atoms with van der Waals surface area (Å²) < 4.78 is 6.42. The Morgan fingerprint density at radius 3 is 1.74 bits per heavy atom. The quantitative estimate of drug-likeness (QED) is 0.173. The zero-order valence-corrected chi connectivity index (χ0v) is 27.4. The predicted octanol–water partition coefficient (Wildman–Crippen LogP) is 11.7. The summed E-state index contributed by atoms with van der Waals surface area (Å²) in [5.41, 5.74) is 13.7. The Balaban J connectivity index is 1.04. The molecular formula is C47H34N2O. The molecule has 2 aliphatic carbocycles. The van der Waals surface area contributed by atoms with Crippen LogP contribution in [0.2, 0.25) is 0 Å². The summed E-state index contributed by atoms with van der Waals surface area (Å²) >= 11 is 0.